The Morgan fingerprint density at radius 1 is 1.56 bits per heavy atom. The number of alkyl carbamates (subject to hydrolysis) is 1. The standard InChI is InChI=1S/C15H19NO2/c1-3-13-10-15(13,4-2)16-14(17)18-11-12-8-6-5-7-9-12/h3,5-9,13H,1,4,10-11H2,2H3,(H,16,17). The van der Waals surface area contributed by atoms with E-state index in [0.717, 1.165) is 18.4 Å². The summed E-state index contributed by atoms with van der Waals surface area (Å²) in [4.78, 5) is 11.7. The molecule has 1 fully saturated rings. The van der Waals surface area contributed by atoms with Crippen LogP contribution in [-0.2, 0) is 11.3 Å². The van der Waals surface area contributed by atoms with Gasteiger partial charge in [-0.05, 0) is 18.4 Å². The predicted octanol–water partition coefficient (Wildman–Crippen LogP) is 3.27. The van der Waals surface area contributed by atoms with E-state index >= 15 is 0 Å². The molecule has 0 heterocycles. The number of amides is 1. The van der Waals surface area contributed by atoms with Crippen LogP contribution in [0.4, 0.5) is 4.79 Å². The second-order valence-corrected chi connectivity index (χ2v) is 4.74. The van der Waals surface area contributed by atoms with Crippen LogP contribution < -0.4 is 5.32 Å². The lowest BCUT2D eigenvalue weighted by atomic mass is 10.1. The fourth-order valence-corrected chi connectivity index (χ4v) is 2.24. The summed E-state index contributed by atoms with van der Waals surface area (Å²) in [6, 6.07) is 9.67. The highest BCUT2D eigenvalue weighted by Gasteiger charge is 2.52. The van der Waals surface area contributed by atoms with Gasteiger partial charge >= 0.3 is 6.09 Å². The SMILES string of the molecule is C=CC1CC1(CC)NC(=O)OCc1ccccc1. The first kappa shape index (κ1) is 12.7. The molecule has 18 heavy (non-hydrogen) atoms. The van der Waals surface area contributed by atoms with Gasteiger partial charge < -0.3 is 10.1 Å². The van der Waals surface area contributed by atoms with Crippen molar-refractivity contribution in [2.24, 2.45) is 5.92 Å². The molecule has 0 radical (unpaired) electrons. The zero-order chi connectivity index (χ0) is 13.0. The van der Waals surface area contributed by atoms with Gasteiger partial charge in [0, 0.05) is 5.92 Å². The molecule has 2 unspecified atom stereocenters. The second-order valence-electron chi connectivity index (χ2n) is 4.74. The van der Waals surface area contributed by atoms with Gasteiger partial charge in [0.2, 0.25) is 0 Å². The number of hydrogen-bond acceptors (Lipinski definition) is 2. The molecule has 1 amide bonds. The molecule has 1 aliphatic carbocycles. The first-order valence-electron chi connectivity index (χ1n) is 6.31. The number of rotatable bonds is 5. The number of hydrogen-bond donors (Lipinski definition) is 1. The van der Waals surface area contributed by atoms with Crippen molar-refractivity contribution < 1.29 is 9.53 Å². The smallest absolute Gasteiger partial charge is 0.407 e. The van der Waals surface area contributed by atoms with Crippen LogP contribution in [0.1, 0.15) is 25.3 Å². The van der Waals surface area contributed by atoms with Crippen molar-refractivity contribution in [3.63, 3.8) is 0 Å². The van der Waals surface area contributed by atoms with Crippen LogP contribution in [0, 0.1) is 5.92 Å². The summed E-state index contributed by atoms with van der Waals surface area (Å²) in [6.45, 7) is 6.16. The largest absolute Gasteiger partial charge is 0.445 e. The highest BCUT2D eigenvalue weighted by molar-refractivity contribution is 5.69. The molecular formula is C15H19NO2. The van der Waals surface area contributed by atoms with Crippen LogP contribution in [0.5, 0.6) is 0 Å². The third-order valence-electron chi connectivity index (χ3n) is 3.61. The van der Waals surface area contributed by atoms with Gasteiger partial charge in [0.15, 0.2) is 0 Å². The summed E-state index contributed by atoms with van der Waals surface area (Å²) >= 11 is 0. The fraction of sp³-hybridized carbons (Fsp3) is 0.400. The maximum absolute atomic E-state index is 11.7. The van der Waals surface area contributed by atoms with Crippen LogP contribution in [0.3, 0.4) is 0 Å². The lowest BCUT2D eigenvalue weighted by Crippen LogP contribution is -2.38. The van der Waals surface area contributed by atoms with Crippen LogP contribution in [-0.4, -0.2) is 11.6 Å². The molecule has 1 N–H and O–H groups in total. The summed E-state index contributed by atoms with van der Waals surface area (Å²) in [5.41, 5.74) is 0.879. The molecule has 0 aliphatic heterocycles. The van der Waals surface area contributed by atoms with Gasteiger partial charge in [-0.3, -0.25) is 0 Å². The summed E-state index contributed by atoms with van der Waals surface area (Å²) in [5.74, 6) is 0.381. The third kappa shape index (κ3) is 2.73. The summed E-state index contributed by atoms with van der Waals surface area (Å²) < 4.78 is 5.21. The Labute approximate surface area is 108 Å². The molecule has 3 nitrogen and oxygen atoms in total. The molecule has 1 aliphatic rings. The van der Waals surface area contributed by atoms with Crippen molar-refractivity contribution in [2.75, 3.05) is 0 Å². The molecule has 1 aromatic rings. The Morgan fingerprint density at radius 2 is 2.28 bits per heavy atom. The van der Waals surface area contributed by atoms with Gasteiger partial charge in [-0.2, -0.15) is 0 Å². The van der Waals surface area contributed by atoms with Gasteiger partial charge in [0.1, 0.15) is 6.61 Å². The summed E-state index contributed by atoms with van der Waals surface area (Å²) in [7, 11) is 0. The molecule has 0 spiro atoms. The number of benzene rings is 1. The molecule has 2 rings (SSSR count). The van der Waals surface area contributed by atoms with E-state index in [1.54, 1.807) is 0 Å². The lowest BCUT2D eigenvalue weighted by molar-refractivity contribution is 0.133. The van der Waals surface area contributed by atoms with Crippen molar-refractivity contribution in [3.8, 4) is 0 Å². The fourth-order valence-electron chi connectivity index (χ4n) is 2.24. The van der Waals surface area contributed by atoms with Crippen molar-refractivity contribution in [1.29, 1.82) is 0 Å². The molecular weight excluding hydrogens is 226 g/mol. The molecule has 2 atom stereocenters. The van der Waals surface area contributed by atoms with E-state index in [2.05, 4.69) is 18.8 Å². The maximum atomic E-state index is 11.7. The van der Waals surface area contributed by atoms with Gasteiger partial charge in [-0.1, -0.05) is 43.3 Å². The zero-order valence-electron chi connectivity index (χ0n) is 10.7. The number of carbonyl (C=O) groups is 1. The van der Waals surface area contributed by atoms with Crippen molar-refractivity contribution in [3.05, 3.63) is 48.6 Å². The molecule has 3 heteroatoms. The molecule has 1 saturated carbocycles. The minimum atomic E-state index is -0.343. The molecule has 0 aromatic heterocycles. The first-order valence-corrected chi connectivity index (χ1v) is 6.31. The Kier molecular flexibility index (Phi) is 3.70. The summed E-state index contributed by atoms with van der Waals surface area (Å²) in [6.07, 6.45) is 3.43. The van der Waals surface area contributed by atoms with Crippen molar-refractivity contribution in [1.82, 2.24) is 5.32 Å². The van der Waals surface area contributed by atoms with E-state index in [0.29, 0.717) is 12.5 Å². The van der Waals surface area contributed by atoms with Crippen LogP contribution >= 0.6 is 0 Å². The zero-order valence-corrected chi connectivity index (χ0v) is 10.7. The average molecular weight is 245 g/mol. The lowest BCUT2D eigenvalue weighted by Gasteiger charge is -2.16. The second kappa shape index (κ2) is 5.25. The molecule has 96 valence electrons. The average Bonchev–Trinajstić information content (AvgIpc) is 3.11. The highest BCUT2D eigenvalue weighted by Crippen LogP contribution is 2.46. The van der Waals surface area contributed by atoms with Gasteiger partial charge in [0.25, 0.3) is 0 Å². The minimum absolute atomic E-state index is 0.116. The Balaban J connectivity index is 1.81. The Hall–Kier alpha value is -1.77. The van der Waals surface area contributed by atoms with E-state index in [-0.39, 0.29) is 11.6 Å². The highest BCUT2D eigenvalue weighted by atomic mass is 16.5. The van der Waals surface area contributed by atoms with E-state index in [1.807, 2.05) is 36.4 Å². The third-order valence-corrected chi connectivity index (χ3v) is 3.61. The molecule has 0 saturated heterocycles. The summed E-state index contributed by atoms with van der Waals surface area (Å²) in [5, 5.41) is 2.96. The quantitative estimate of drug-likeness (QED) is 0.808. The van der Waals surface area contributed by atoms with E-state index in [1.165, 1.54) is 0 Å². The van der Waals surface area contributed by atoms with E-state index in [9.17, 15) is 4.79 Å². The van der Waals surface area contributed by atoms with Crippen LogP contribution in [0.2, 0.25) is 0 Å². The predicted molar refractivity (Wildman–Crippen MR) is 71.1 cm³/mol. The number of nitrogens with one attached hydrogen (secondary N) is 1. The van der Waals surface area contributed by atoms with Gasteiger partial charge in [0.05, 0.1) is 5.54 Å². The Morgan fingerprint density at radius 3 is 2.83 bits per heavy atom. The van der Waals surface area contributed by atoms with E-state index < -0.39 is 0 Å². The van der Waals surface area contributed by atoms with Gasteiger partial charge in [-0.25, -0.2) is 4.79 Å². The first-order chi connectivity index (χ1) is 8.70. The van der Waals surface area contributed by atoms with Crippen LogP contribution in [0.25, 0.3) is 0 Å². The van der Waals surface area contributed by atoms with Gasteiger partial charge in [-0.15, -0.1) is 6.58 Å². The van der Waals surface area contributed by atoms with Crippen molar-refractivity contribution >= 4 is 6.09 Å². The molecule has 1 aromatic carbocycles. The minimum Gasteiger partial charge on any atom is -0.445 e. The topological polar surface area (TPSA) is 38.3 Å². The number of ether oxygens (including phenoxy) is 1. The number of carbonyl (C=O) groups excluding carboxylic acids is 1. The van der Waals surface area contributed by atoms with Crippen molar-refractivity contribution in [2.45, 2.75) is 31.9 Å². The van der Waals surface area contributed by atoms with Crippen LogP contribution in [0.15, 0.2) is 43.0 Å². The molecule has 0 bridgehead atoms. The normalized spacial score (nSPS) is 25.3. The Bertz CT molecular complexity index is 429. The maximum Gasteiger partial charge on any atom is 0.407 e. The van der Waals surface area contributed by atoms with E-state index in [4.69, 9.17) is 4.74 Å². The monoisotopic (exact) mass is 245 g/mol.